The van der Waals surface area contributed by atoms with E-state index >= 15 is 4.57 Å². The first-order chi connectivity index (χ1) is 53.6. The summed E-state index contributed by atoms with van der Waals surface area (Å²) in [5.41, 5.74) is 15.4. The molecule has 2 fully saturated rings. The van der Waals surface area contributed by atoms with Crippen molar-refractivity contribution in [2.45, 2.75) is 307 Å². The summed E-state index contributed by atoms with van der Waals surface area (Å²) >= 11 is 0. The summed E-state index contributed by atoms with van der Waals surface area (Å²) in [5, 5.41) is 4.32. The van der Waals surface area contributed by atoms with E-state index in [0.717, 1.165) is 78.3 Å². The number of hydrogen-bond donors (Lipinski definition) is 1. The van der Waals surface area contributed by atoms with Gasteiger partial charge in [-0.2, -0.15) is 0 Å². The fraction of sp³-hybridized carbons (Fsp3) is 0.573. The third-order valence-electron chi connectivity index (χ3n) is 20.2. The van der Waals surface area contributed by atoms with Gasteiger partial charge in [0.05, 0.1) is 65.0 Å². The van der Waals surface area contributed by atoms with Crippen LogP contribution in [0.25, 0.3) is 10.4 Å². The standard InChI is InChI=1S/C89H124N3O16P/c1-3-5-7-9-11-13-15-17-19-21-23-25-45-59-81(93)99-68-77(105-82(94)60-46-26-24-22-20-18-16-14-12-10-8-6-4-2)69-104-109(95,96)108-88-86(103-67-76-57-43-32-44-58-76)84(101-65-74-53-39-30-40-54-74)83(100-64-73-51-37-29-38-52-73)85(102-66-75-55-41-31-42-56-75)87(88)107-89-78(91-92-90)61-79(98-63-72-49-35-28-36-50-72)80(106-89)70-97-62-71-47-33-27-34-48-71/h27-44,47-58,77-80,83-89H,3-26,45-46,59-70H2,1-2H3,(H,95,96)/t77-,78-,79+,80-,83-,84-,85+,86-,87-,88-,89-/m1/s1. The van der Waals surface area contributed by atoms with Gasteiger partial charge < -0.3 is 52.3 Å². The number of carbonyl (C=O) groups is 2. The normalized spacial score (nSPS) is 20.7. The van der Waals surface area contributed by atoms with Crippen LogP contribution in [-0.2, 0) is 110 Å². The molecule has 109 heavy (non-hydrogen) atoms. The van der Waals surface area contributed by atoms with Gasteiger partial charge in [-0.1, -0.05) is 355 Å². The molecule has 1 heterocycles. The molecule has 1 unspecified atom stereocenters. The lowest BCUT2D eigenvalue weighted by Gasteiger charge is -2.51. The highest BCUT2D eigenvalue weighted by molar-refractivity contribution is 7.47. The summed E-state index contributed by atoms with van der Waals surface area (Å²) in [5.74, 6) is -1.05. The van der Waals surface area contributed by atoms with Crippen LogP contribution < -0.4 is 0 Å². The summed E-state index contributed by atoms with van der Waals surface area (Å²) in [6, 6.07) is 56.5. The predicted molar refractivity (Wildman–Crippen MR) is 424 cm³/mol. The van der Waals surface area contributed by atoms with Crippen LogP contribution in [-0.4, -0.2) is 104 Å². The third-order valence-corrected chi connectivity index (χ3v) is 21.1. The average molecular weight is 1520 g/mol. The fourth-order valence-electron chi connectivity index (χ4n) is 14.0. The van der Waals surface area contributed by atoms with Crippen molar-refractivity contribution in [3.8, 4) is 0 Å². The van der Waals surface area contributed by atoms with Crippen LogP contribution in [0.3, 0.4) is 0 Å². The van der Waals surface area contributed by atoms with Crippen molar-refractivity contribution in [2.75, 3.05) is 19.8 Å². The Bertz CT molecular complexity index is 3420. The van der Waals surface area contributed by atoms with Gasteiger partial charge in [-0.3, -0.25) is 18.6 Å². The number of unbranched alkanes of at least 4 members (excludes halogenated alkanes) is 24. The van der Waals surface area contributed by atoms with Crippen LogP contribution in [0, 0.1) is 0 Å². The van der Waals surface area contributed by atoms with Gasteiger partial charge in [-0.05, 0) is 58.2 Å². The maximum Gasteiger partial charge on any atom is 0.472 e. The van der Waals surface area contributed by atoms with Crippen molar-refractivity contribution in [3.63, 3.8) is 0 Å². The zero-order valence-corrected chi connectivity index (χ0v) is 65.8. The predicted octanol–water partition coefficient (Wildman–Crippen LogP) is 21.2. The molecule has 1 aliphatic heterocycles. The van der Waals surface area contributed by atoms with Gasteiger partial charge in [0, 0.05) is 17.8 Å². The lowest BCUT2D eigenvalue weighted by atomic mass is 9.83. The molecule has 0 aromatic heterocycles. The molecule has 1 N–H and O–H groups in total. The molecule has 0 radical (unpaired) electrons. The first-order valence-electron chi connectivity index (χ1n) is 40.8. The topological polar surface area (TPSA) is 231 Å². The van der Waals surface area contributed by atoms with Gasteiger partial charge >= 0.3 is 19.8 Å². The number of ether oxygens (including phenoxy) is 10. The number of phosphoric acid groups is 1. The number of azide groups is 1. The summed E-state index contributed by atoms with van der Waals surface area (Å²) in [7, 11) is -5.45. The summed E-state index contributed by atoms with van der Waals surface area (Å²) < 4.78 is 96.3. The number of hydrogen-bond acceptors (Lipinski definition) is 16. The molecule has 12 atom stereocenters. The van der Waals surface area contributed by atoms with Gasteiger partial charge in [0.15, 0.2) is 12.4 Å². The summed E-state index contributed by atoms with van der Waals surface area (Å²) in [6.07, 6.45) is 17.6. The van der Waals surface area contributed by atoms with Gasteiger partial charge in [0.25, 0.3) is 0 Å². The summed E-state index contributed by atoms with van der Waals surface area (Å²) in [4.78, 5) is 43.5. The zero-order chi connectivity index (χ0) is 76.5. The molecule has 1 aliphatic carbocycles. The van der Waals surface area contributed by atoms with E-state index in [1.165, 1.54) is 109 Å². The molecule has 596 valence electrons. The highest BCUT2D eigenvalue weighted by atomic mass is 31.2. The van der Waals surface area contributed by atoms with E-state index in [0.29, 0.717) is 12.8 Å². The second-order valence-corrected chi connectivity index (χ2v) is 30.6. The minimum absolute atomic E-state index is 0.0102. The Hall–Kier alpha value is -6.64. The monoisotopic (exact) mass is 1520 g/mol. The Morgan fingerprint density at radius 3 is 1.17 bits per heavy atom. The Labute approximate surface area is 649 Å². The first-order valence-corrected chi connectivity index (χ1v) is 42.3. The maximum atomic E-state index is 15.6. The molecule has 0 amide bonds. The number of phosphoric ester groups is 1. The highest BCUT2D eigenvalue weighted by Gasteiger charge is 2.58. The number of benzene rings is 6. The second-order valence-electron chi connectivity index (χ2n) is 29.1. The molecule has 0 spiro atoms. The van der Waals surface area contributed by atoms with Crippen molar-refractivity contribution in [2.24, 2.45) is 5.11 Å². The van der Waals surface area contributed by atoms with Crippen molar-refractivity contribution in [1.29, 1.82) is 0 Å². The van der Waals surface area contributed by atoms with Crippen LogP contribution in [0.2, 0.25) is 0 Å². The maximum absolute atomic E-state index is 15.6. The van der Waals surface area contributed by atoms with E-state index in [2.05, 4.69) is 23.9 Å². The van der Waals surface area contributed by atoms with Crippen molar-refractivity contribution in [1.82, 2.24) is 0 Å². The third kappa shape index (κ3) is 34.9. The number of rotatable bonds is 58. The summed E-state index contributed by atoms with van der Waals surface area (Å²) in [6.45, 7) is 3.73. The largest absolute Gasteiger partial charge is 0.472 e. The smallest absolute Gasteiger partial charge is 0.462 e. The second kappa shape index (κ2) is 53.3. The van der Waals surface area contributed by atoms with E-state index in [1.807, 2.05) is 182 Å². The molecule has 6 aromatic rings. The van der Waals surface area contributed by atoms with E-state index in [4.69, 9.17) is 56.4 Å². The molecule has 20 heteroatoms. The van der Waals surface area contributed by atoms with Crippen LogP contribution in [0.15, 0.2) is 187 Å². The van der Waals surface area contributed by atoms with Gasteiger partial charge in [-0.15, -0.1) is 0 Å². The lowest BCUT2D eigenvalue weighted by molar-refractivity contribution is -0.324. The number of carbonyl (C=O) groups excluding carboxylic acids is 2. The molecule has 0 bridgehead atoms. The quantitative estimate of drug-likeness (QED) is 0.00934. The molecule has 8 rings (SSSR count). The van der Waals surface area contributed by atoms with E-state index in [9.17, 15) is 20.0 Å². The van der Waals surface area contributed by atoms with E-state index in [-0.39, 0.29) is 65.5 Å². The highest BCUT2D eigenvalue weighted by Crippen LogP contribution is 2.50. The van der Waals surface area contributed by atoms with Crippen molar-refractivity contribution in [3.05, 3.63) is 226 Å². The Morgan fingerprint density at radius 1 is 0.450 bits per heavy atom. The molecule has 19 nitrogen and oxygen atoms in total. The van der Waals surface area contributed by atoms with Crippen LogP contribution >= 0.6 is 7.82 Å². The Balaban J connectivity index is 1.10. The Morgan fingerprint density at radius 2 is 0.789 bits per heavy atom. The SMILES string of the molecule is CCCCCCCCCCCCCCCC(=O)OC[C@H](COP(=O)(O)O[C@@H]1[C@H](OCc2ccccc2)[C@H](OCc2ccccc2)[C@@H](OCc2ccccc2)[C@H](OCc2ccccc2)[C@H]1O[C@H]1O[C@H](COCc2ccccc2)[C@@H](OCc2ccccc2)C[C@H]1N=[N+]=[N-])OC(=O)CCCCCCCCCCCCCCC. The van der Waals surface area contributed by atoms with Crippen LogP contribution in [0.5, 0.6) is 0 Å². The van der Waals surface area contributed by atoms with E-state index < -0.39 is 100 Å². The molecule has 6 aromatic carbocycles. The molecule has 1 saturated heterocycles. The van der Waals surface area contributed by atoms with Crippen LogP contribution in [0.4, 0.5) is 0 Å². The Kier molecular flexibility index (Phi) is 43.0. The van der Waals surface area contributed by atoms with Gasteiger partial charge in [0.2, 0.25) is 0 Å². The lowest BCUT2D eigenvalue weighted by Crippen LogP contribution is -2.68. The molecule has 2 aliphatic rings. The molecular weight excluding hydrogens is 1400 g/mol. The van der Waals surface area contributed by atoms with Crippen molar-refractivity contribution < 1.29 is 75.5 Å². The average Bonchev–Trinajstić information content (AvgIpc) is 0.752. The van der Waals surface area contributed by atoms with Gasteiger partial charge in [-0.25, -0.2) is 4.57 Å². The number of esters is 2. The van der Waals surface area contributed by atoms with Crippen molar-refractivity contribution >= 4 is 19.8 Å². The first kappa shape index (κ1) is 87.9. The fourth-order valence-corrected chi connectivity index (χ4v) is 15.0. The zero-order valence-electron chi connectivity index (χ0n) is 64.9. The van der Waals surface area contributed by atoms with E-state index in [1.54, 1.807) is 0 Å². The van der Waals surface area contributed by atoms with Gasteiger partial charge in [0.1, 0.15) is 49.3 Å². The van der Waals surface area contributed by atoms with Crippen LogP contribution in [0.1, 0.15) is 233 Å². The molecule has 1 saturated carbocycles. The molecular formula is C89H124N3O16P. The minimum Gasteiger partial charge on any atom is -0.462 e. The minimum atomic E-state index is -5.45. The number of nitrogens with zero attached hydrogens (tertiary/aromatic N) is 3.